The molecule has 1 atom stereocenters. The van der Waals surface area contributed by atoms with E-state index in [1.165, 1.54) is 12.1 Å². The fourth-order valence-electron chi connectivity index (χ4n) is 2.92. The van der Waals surface area contributed by atoms with Gasteiger partial charge in [0.15, 0.2) is 5.78 Å². The Kier molecular flexibility index (Phi) is 5.80. The molecule has 25 heavy (non-hydrogen) atoms. The van der Waals surface area contributed by atoms with E-state index in [0.29, 0.717) is 18.4 Å². The molecule has 2 aromatic carbocycles. The number of hydrogen-bond acceptors (Lipinski definition) is 4. The minimum atomic E-state index is -0.863. The van der Waals surface area contributed by atoms with Gasteiger partial charge in [0.25, 0.3) is 0 Å². The van der Waals surface area contributed by atoms with E-state index in [-0.39, 0.29) is 17.5 Å². The number of primary amides is 1. The largest absolute Gasteiger partial charge is 0.508 e. The van der Waals surface area contributed by atoms with E-state index in [4.69, 9.17) is 10.5 Å². The summed E-state index contributed by atoms with van der Waals surface area (Å²) in [6.45, 7) is 3.47. The molecule has 0 bridgehead atoms. The first-order chi connectivity index (χ1) is 11.8. The molecule has 0 aliphatic heterocycles. The third-order valence-electron chi connectivity index (χ3n) is 3.96. The van der Waals surface area contributed by atoms with Gasteiger partial charge in [0.2, 0.25) is 0 Å². The molecular weight excluding hydrogens is 318 g/mol. The maximum Gasteiger partial charge on any atom is 0.405 e. The van der Waals surface area contributed by atoms with Gasteiger partial charge in [-0.3, -0.25) is 4.79 Å². The number of hydrogen-bond donors (Lipinski definition) is 2. The molecule has 0 saturated carbocycles. The normalized spacial score (nSPS) is 12.4. The molecule has 0 unspecified atom stereocenters. The lowest BCUT2D eigenvalue weighted by Gasteiger charge is -2.28. The molecule has 132 valence electrons. The summed E-state index contributed by atoms with van der Waals surface area (Å²) in [6.07, 6.45) is -0.00282. The number of aromatic hydroxyl groups is 1. The van der Waals surface area contributed by atoms with Crippen molar-refractivity contribution in [2.45, 2.75) is 32.3 Å². The van der Waals surface area contributed by atoms with Crippen LogP contribution in [-0.2, 0) is 11.2 Å². The molecule has 0 fully saturated rings. The first-order valence-corrected chi connectivity index (χ1v) is 8.12. The highest BCUT2D eigenvalue weighted by Gasteiger charge is 2.31. The Labute approximate surface area is 147 Å². The minimum absolute atomic E-state index is 0.0648. The van der Waals surface area contributed by atoms with Crippen molar-refractivity contribution in [3.05, 3.63) is 65.7 Å². The average molecular weight is 341 g/mol. The van der Waals surface area contributed by atoms with Crippen LogP contribution in [0.15, 0.2) is 54.6 Å². The zero-order valence-corrected chi connectivity index (χ0v) is 14.4. The second-order valence-corrected chi connectivity index (χ2v) is 6.68. The number of carbonyl (C=O) groups is 2. The number of ether oxygens (including phenoxy) is 1. The lowest BCUT2D eigenvalue weighted by molar-refractivity contribution is 0.0256. The fraction of sp³-hybridized carbons (Fsp3) is 0.300. The summed E-state index contributed by atoms with van der Waals surface area (Å²) in [5.74, 6) is -0.347. The number of ketones is 1. The van der Waals surface area contributed by atoms with E-state index in [1.807, 2.05) is 30.3 Å². The van der Waals surface area contributed by atoms with Crippen LogP contribution in [0.2, 0.25) is 0 Å². The smallest absolute Gasteiger partial charge is 0.405 e. The van der Waals surface area contributed by atoms with Gasteiger partial charge in [-0.2, -0.15) is 0 Å². The van der Waals surface area contributed by atoms with Crippen LogP contribution in [0, 0.1) is 5.92 Å². The molecule has 5 heteroatoms. The van der Waals surface area contributed by atoms with Crippen molar-refractivity contribution in [2.75, 3.05) is 0 Å². The summed E-state index contributed by atoms with van der Waals surface area (Å²) >= 11 is 0. The molecule has 0 saturated heterocycles. The maximum absolute atomic E-state index is 13.0. The van der Waals surface area contributed by atoms with Crippen LogP contribution in [0.25, 0.3) is 0 Å². The Morgan fingerprint density at radius 2 is 1.68 bits per heavy atom. The summed E-state index contributed by atoms with van der Waals surface area (Å²) in [5, 5.41) is 9.42. The zero-order valence-electron chi connectivity index (χ0n) is 14.4. The van der Waals surface area contributed by atoms with Crippen molar-refractivity contribution in [3.8, 4) is 5.75 Å². The molecular formula is C20H23NO4. The summed E-state index contributed by atoms with van der Waals surface area (Å²) in [7, 11) is 0. The first-order valence-electron chi connectivity index (χ1n) is 8.12. The predicted octanol–water partition coefficient (Wildman–Crippen LogP) is 3.70. The molecule has 2 aromatic rings. The SMILES string of the molecule is CC(C)(C[C@H](Cc1ccccc1)C(=O)c1ccc(O)cc1)OC(N)=O. The van der Waals surface area contributed by atoms with Crippen LogP contribution in [-0.4, -0.2) is 22.6 Å². The Morgan fingerprint density at radius 1 is 1.08 bits per heavy atom. The highest BCUT2D eigenvalue weighted by molar-refractivity contribution is 5.98. The standard InChI is InChI=1S/C20H23NO4/c1-20(2,25-19(21)24)13-16(12-14-6-4-3-5-7-14)18(23)15-8-10-17(22)11-9-15/h3-11,16,22H,12-13H2,1-2H3,(H2,21,24)/t16-/m0/s1. The molecule has 5 nitrogen and oxygen atoms in total. The van der Waals surface area contributed by atoms with Gasteiger partial charge >= 0.3 is 6.09 Å². The van der Waals surface area contributed by atoms with Crippen molar-refractivity contribution >= 4 is 11.9 Å². The van der Waals surface area contributed by atoms with Gasteiger partial charge in [-0.05, 0) is 56.5 Å². The van der Waals surface area contributed by atoms with E-state index in [2.05, 4.69) is 0 Å². The van der Waals surface area contributed by atoms with E-state index >= 15 is 0 Å². The van der Waals surface area contributed by atoms with Gasteiger partial charge in [0, 0.05) is 11.5 Å². The van der Waals surface area contributed by atoms with E-state index in [9.17, 15) is 14.7 Å². The molecule has 0 spiro atoms. The number of nitrogens with two attached hydrogens (primary N) is 1. The number of benzene rings is 2. The first kappa shape index (κ1) is 18.5. The molecule has 2 rings (SSSR count). The van der Waals surface area contributed by atoms with Crippen molar-refractivity contribution in [1.82, 2.24) is 0 Å². The van der Waals surface area contributed by atoms with Crippen LogP contribution in [0.4, 0.5) is 4.79 Å². The van der Waals surface area contributed by atoms with Crippen molar-refractivity contribution in [1.29, 1.82) is 0 Å². The average Bonchev–Trinajstić information content (AvgIpc) is 2.54. The summed E-state index contributed by atoms with van der Waals surface area (Å²) in [4.78, 5) is 24.1. The van der Waals surface area contributed by atoms with Gasteiger partial charge in [0.05, 0.1) is 0 Å². The molecule has 1 amide bonds. The number of Topliss-reactive ketones (excluding diaryl/α,β-unsaturated/α-hetero) is 1. The van der Waals surface area contributed by atoms with Gasteiger partial charge in [-0.1, -0.05) is 30.3 Å². The second-order valence-electron chi connectivity index (χ2n) is 6.68. The Morgan fingerprint density at radius 3 is 2.24 bits per heavy atom. The lowest BCUT2D eigenvalue weighted by atomic mass is 9.83. The Balaban J connectivity index is 2.26. The fourth-order valence-corrected chi connectivity index (χ4v) is 2.92. The van der Waals surface area contributed by atoms with Crippen molar-refractivity contribution in [3.63, 3.8) is 0 Å². The predicted molar refractivity (Wildman–Crippen MR) is 95.4 cm³/mol. The monoisotopic (exact) mass is 341 g/mol. The molecule has 0 aliphatic carbocycles. The van der Waals surface area contributed by atoms with Gasteiger partial charge < -0.3 is 15.6 Å². The lowest BCUT2D eigenvalue weighted by Crippen LogP contribution is -2.35. The van der Waals surface area contributed by atoms with E-state index in [0.717, 1.165) is 5.56 Å². The molecule has 0 radical (unpaired) electrons. The van der Waals surface area contributed by atoms with E-state index in [1.54, 1.807) is 26.0 Å². The van der Waals surface area contributed by atoms with Gasteiger partial charge in [-0.25, -0.2) is 4.79 Å². The van der Waals surface area contributed by atoms with E-state index < -0.39 is 11.7 Å². The van der Waals surface area contributed by atoms with Crippen LogP contribution >= 0.6 is 0 Å². The van der Waals surface area contributed by atoms with Crippen LogP contribution in [0.3, 0.4) is 0 Å². The summed E-state index contributed by atoms with van der Waals surface area (Å²) in [6, 6.07) is 15.8. The highest BCUT2D eigenvalue weighted by Crippen LogP contribution is 2.27. The number of amides is 1. The Hall–Kier alpha value is -2.82. The maximum atomic E-state index is 13.0. The third-order valence-corrected chi connectivity index (χ3v) is 3.96. The number of phenolic OH excluding ortho intramolecular Hbond substituents is 1. The van der Waals surface area contributed by atoms with Gasteiger partial charge in [-0.15, -0.1) is 0 Å². The van der Waals surface area contributed by atoms with Crippen LogP contribution in [0.5, 0.6) is 5.75 Å². The Bertz CT molecular complexity index is 723. The molecule has 0 aromatic heterocycles. The van der Waals surface area contributed by atoms with Crippen LogP contribution in [0.1, 0.15) is 36.2 Å². The number of phenols is 1. The minimum Gasteiger partial charge on any atom is -0.508 e. The molecule has 0 heterocycles. The zero-order chi connectivity index (χ0) is 18.4. The van der Waals surface area contributed by atoms with Gasteiger partial charge in [0.1, 0.15) is 11.4 Å². The molecule has 0 aliphatic rings. The highest BCUT2D eigenvalue weighted by atomic mass is 16.6. The second kappa shape index (κ2) is 7.83. The summed E-state index contributed by atoms with van der Waals surface area (Å²) < 4.78 is 5.16. The number of rotatable bonds is 7. The quantitative estimate of drug-likeness (QED) is 0.752. The van der Waals surface area contributed by atoms with Crippen molar-refractivity contribution in [2.24, 2.45) is 11.7 Å². The third kappa shape index (κ3) is 5.64. The molecule has 3 N–H and O–H groups in total. The number of carbonyl (C=O) groups excluding carboxylic acids is 2. The topological polar surface area (TPSA) is 89.6 Å². The van der Waals surface area contributed by atoms with Crippen molar-refractivity contribution < 1.29 is 19.4 Å². The van der Waals surface area contributed by atoms with Crippen LogP contribution < -0.4 is 5.73 Å². The summed E-state index contributed by atoms with van der Waals surface area (Å²) in [5.41, 5.74) is 5.80.